The van der Waals surface area contributed by atoms with E-state index in [1.54, 1.807) is 7.05 Å². The fraction of sp³-hybridized carbons (Fsp3) is 1.00. The minimum absolute atomic E-state index is 0.494. The molecule has 2 N–H and O–H groups in total. The van der Waals surface area contributed by atoms with Crippen molar-refractivity contribution in [3.63, 3.8) is 0 Å². The minimum Gasteiger partial charge on any atom is -0.317 e. The van der Waals surface area contributed by atoms with Gasteiger partial charge in [0.15, 0.2) is 0 Å². The highest BCUT2D eigenvalue weighted by molar-refractivity contribution is 7.87. The quantitative estimate of drug-likeness (QED) is 0.636. The molecule has 1 aliphatic carbocycles. The Hall–Kier alpha value is -0.170. The fourth-order valence-corrected chi connectivity index (χ4v) is 3.76. The molecule has 1 saturated carbocycles. The highest BCUT2D eigenvalue weighted by Crippen LogP contribution is 2.28. The molecular weight excluding hydrogens is 274 g/mol. The monoisotopic (exact) mass is 305 g/mol. The van der Waals surface area contributed by atoms with Crippen molar-refractivity contribution in [1.82, 2.24) is 14.3 Å². The van der Waals surface area contributed by atoms with E-state index in [0.717, 1.165) is 25.9 Å². The van der Waals surface area contributed by atoms with Gasteiger partial charge < -0.3 is 5.32 Å². The van der Waals surface area contributed by atoms with Crippen LogP contribution in [0.2, 0.25) is 0 Å². The summed E-state index contributed by atoms with van der Waals surface area (Å²) in [6, 6.07) is 0. The van der Waals surface area contributed by atoms with Gasteiger partial charge >= 0.3 is 0 Å². The molecule has 0 aromatic rings. The van der Waals surface area contributed by atoms with Crippen molar-refractivity contribution in [2.45, 2.75) is 46.0 Å². The fourth-order valence-electron chi connectivity index (χ4n) is 2.74. The zero-order valence-electron chi connectivity index (χ0n) is 13.2. The molecule has 1 rings (SSSR count). The van der Waals surface area contributed by atoms with E-state index in [-0.39, 0.29) is 0 Å². The van der Waals surface area contributed by atoms with Gasteiger partial charge in [0, 0.05) is 20.1 Å². The predicted octanol–water partition coefficient (Wildman–Crippen LogP) is 1.58. The third-order valence-electron chi connectivity index (χ3n) is 4.30. The Morgan fingerprint density at radius 1 is 1.25 bits per heavy atom. The first-order chi connectivity index (χ1) is 9.47. The van der Waals surface area contributed by atoms with Crippen LogP contribution in [-0.4, -0.2) is 45.9 Å². The molecule has 5 nitrogen and oxygen atoms in total. The summed E-state index contributed by atoms with van der Waals surface area (Å²) in [5.74, 6) is 1.12. The Morgan fingerprint density at radius 3 is 2.60 bits per heavy atom. The highest BCUT2D eigenvalue weighted by Gasteiger charge is 2.24. The first-order valence-corrected chi connectivity index (χ1v) is 9.33. The predicted molar refractivity (Wildman–Crippen MR) is 83.8 cm³/mol. The molecule has 0 aromatic heterocycles. The molecule has 0 amide bonds. The summed E-state index contributed by atoms with van der Waals surface area (Å²) in [6.07, 6.45) is 5.73. The van der Waals surface area contributed by atoms with E-state index >= 15 is 0 Å². The van der Waals surface area contributed by atoms with E-state index in [9.17, 15) is 8.42 Å². The maximum absolute atomic E-state index is 12.1. The Morgan fingerprint density at radius 2 is 1.95 bits per heavy atom. The maximum atomic E-state index is 12.1. The number of nitrogens with one attached hydrogen (secondary N) is 2. The van der Waals surface area contributed by atoms with E-state index < -0.39 is 10.2 Å². The summed E-state index contributed by atoms with van der Waals surface area (Å²) < 4.78 is 28.5. The smallest absolute Gasteiger partial charge is 0.279 e. The van der Waals surface area contributed by atoms with E-state index in [0.29, 0.717) is 24.9 Å². The number of nitrogens with zero attached hydrogens (tertiary/aromatic N) is 1. The van der Waals surface area contributed by atoms with Crippen LogP contribution in [0.25, 0.3) is 0 Å². The topological polar surface area (TPSA) is 61.4 Å². The van der Waals surface area contributed by atoms with Crippen molar-refractivity contribution < 1.29 is 8.42 Å². The van der Waals surface area contributed by atoms with Crippen molar-refractivity contribution in [3.05, 3.63) is 0 Å². The lowest BCUT2D eigenvalue weighted by atomic mass is 9.81. The van der Waals surface area contributed by atoms with Crippen LogP contribution >= 0.6 is 0 Å². The van der Waals surface area contributed by atoms with Crippen LogP contribution in [0.3, 0.4) is 0 Å². The standard InChI is InChI=1S/C14H31N3O2S/c1-4-15-10-7-11-17(3)20(18,19)16-12-14-9-6-5-8-13(14)2/h13-16H,4-12H2,1-3H3. The first kappa shape index (κ1) is 17.9. The Balaban J connectivity index is 2.32. The summed E-state index contributed by atoms with van der Waals surface area (Å²) in [7, 11) is -1.66. The van der Waals surface area contributed by atoms with Gasteiger partial charge in [0.2, 0.25) is 0 Å². The third kappa shape index (κ3) is 6.08. The van der Waals surface area contributed by atoms with Gasteiger partial charge in [-0.25, -0.2) is 4.72 Å². The number of rotatable bonds is 9. The van der Waals surface area contributed by atoms with Crippen molar-refractivity contribution >= 4 is 10.2 Å². The van der Waals surface area contributed by atoms with Crippen molar-refractivity contribution in [2.75, 3.05) is 33.2 Å². The summed E-state index contributed by atoms with van der Waals surface area (Å²) in [6.45, 7) is 7.21. The average molecular weight is 305 g/mol. The van der Waals surface area contributed by atoms with E-state index in [2.05, 4.69) is 17.0 Å². The molecule has 120 valence electrons. The normalized spacial score (nSPS) is 24.2. The van der Waals surface area contributed by atoms with Crippen LogP contribution in [-0.2, 0) is 10.2 Å². The molecule has 1 aliphatic rings. The molecule has 0 bridgehead atoms. The number of hydrogen-bond acceptors (Lipinski definition) is 3. The second-order valence-corrected chi connectivity index (χ2v) is 7.77. The van der Waals surface area contributed by atoms with Crippen molar-refractivity contribution in [2.24, 2.45) is 11.8 Å². The minimum atomic E-state index is -3.31. The van der Waals surface area contributed by atoms with Crippen LogP contribution in [0.1, 0.15) is 46.0 Å². The molecule has 0 aromatic carbocycles. The molecule has 0 aliphatic heterocycles. The number of hydrogen-bond donors (Lipinski definition) is 2. The van der Waals surface area contributed by atoms with Crippen LogP contribution < -0.4 is 10.0 Å². The first-order valence-electron chi connectivity index (χ1n) is 7.89. The Kier molecular flexibility index (Phi) is 8.02. The van der Waals surface area contributed by atoms with Gasteiger partial charge in [0.25, 0.3) is 10.2 Å². The largest absolute Gasteiger partial charge is 0.317 e. The van der Waals surface area contributed by atoms with Gasteiger partial charge in [-0.2, -0.15) is 12.7 Å². The van der Waals surface area contributed by atoms with Crippen LogP contribution in [0.4, 0.5) is 0 Å². The van der Waals surface area contributed by atoms with Gasteiger partial charge in [0.05, 0.1) is 0 Å². The highest BCUT2D eigenvalue weighted by atomic mass is 32.2. The van der Waals surface area contributed by atoms with Crippen LogP contribution in [0.5, 0.6) is 0 Å². The van der Waals surface area contributed by atoms with Crippen LogP contribution in [0, 0.1) is 11.8 Å². The lowest BCUT2D eigenvalue weighted by molar-refractivity contribution is 0.256. The molecular formula is C14H31N3O2S. The molecule has 1 fully saturated rings. The summed E-state index contributed by atoms with van der Waals surface area (Å²) in [5.41, 5.74) is 0. The maximum Gasteiger partial charge on any atom is 0.279 e. The molecule has 0 saturated heterocycles. The van der Waals surface area contributed by atoms with Gasteiger partial charge in [-0.05, 0) is 37.8 Å². The zero-order valence-corrected chi connectivity index (χ0v) is 14.0. The average Bonchev–Trinajstić information content (AvgIpc) is 2.42. The van der Waals surface area contributed by atoms with Crippen LogP contribution in [0.15, 0.2) is 0 Å². The molecule has 0 radical (unpaired) electrons. The molecule has 2 atom stereocenters. The molecule has 0 spiro atoms. The molecule has 2 unspecified atom stereocenters. The second kappa shape index (κ2) is 8.97. The summed E-state index contributed by atoms with van der Waals surface area (Å²) >= 11 is 0. The van der Waals surface area contributed by atoms with E-state index in [1.165, 1.54) is 23.6 Å². The molecule has 0 heterocycles. The van der Waals surface area contributed by atoms with Gasteiger partial charge in [-0.1, -0.05) is 33.1 Å². The Bertz CT molecular complexity index is 359. The van der Waals surface area contributed by atoms with Crippen molar-refractivity contribution in [1.29, 1.82) is 0 Å². The van der Waals surface area contributed by atoms with E-state index in [4.69, 9.17) is 0 Å². The lowest BCUT2D eigenvalue weighted by Gasteiger charge is -2.29. The zero-order chi connectivity index (χ0) is 15.0. The molecule has 20 heavy (non-hydrogen) atoms. The van der Waals surface area contributed by atoms with E-state index in [1.807, 2.05) is 6.92 Å². The third-order valence-corrected chi connectivity index (χ3v) is 5.84. The van der Waals surface area contributed by atoms with Gasteiger partial charge in [0.1, 0.15) is 0 Å². The Labute approximate surface area is 124 Å². The lowest BCUT2D eigenvalue weighted by Crippen LogP contribution is -2.42. The summed E-state index contributed by atoms with van der Waals surface area (Å²) in [4.78, 5) is 0. The second-order valence-electron chi connectivity index (χ2n) is 5.90. The summed E-state index contributed by atoms with van der Waals surface area (Å²) in [5, 5.41) is 3.20. The van der Waals surface area contributed by atoms with Crippen molar-refractivity contribution in [3.8, 4) is 0 Å². The van der Waals surface area contributed by atoms with Gasteiger partial charge in [-0.3, -0.25) is 0 Å². The van der Waals surface area contributed by atoms with Gasteiger partial charge in [-0.15, -0.1) is 0 Å². The SMILES string of the molecule is CCNCCCN(C)S(=O)(=O)NCC1CCCCC1C. The molecule has 6 heteroatoms.